The predicted molar refractivity (Wildman–Crippen MR) is 54.5 cm³/mol. The third kappa shape index (κ3) is 3.63. The van der Waals surface area contributed by atoms with Crippen LogP contribution in [0.3, 0.4) is 0 Å². The first-order valence-corrected chi connectivity index (χ1v) is 5.42. The quantitative estimate of drug-likeness (QED) is 0.547. The molecular formula is C10H22N2O. The molecule has 4 N–H and O–H groups in total. The van der Waals surface area contributed by atoms with Gasteiger partial charge in [0, 0.05) is 12.6 Å². The predicted octanol–water partition coefficient (Wildman–Crippen LogP) is 0.476. The molecule has 0 bridgehead atoms. The molecule has 0 spiro atoms. The number of nitrogens with two attached hydrogens (primary N) is 1. The maximum atomic E-state index is 9.15. The Hall–Kier alpha value is -0.120. The number of aliphatic hydroxyl groups is 1. The van der Waals surface area contributed by atoms with Crippen LogP contribution >= 0.6 is 0 Å². The van der Waals surface area contributed by atoms with Crippen molar-refractivity contribution in [2.75, 3.05) is 19.7 Å². The van der Waals surface area contributed by atoms with Gasteiger partial charge in [0.1, 0.15) is 0 Å². The lowest BCUT2D eigenvalue weighted by molar-refractivity contribution is 0.153. The highest BCUT2D eigenvalue weighted by atomic mass is 16.3. The minimum atomic E-state index is 0.334. The summed E-state index contributed by atoms with van der Waals surface area (Å²) in [6.07, 6.45) is 6.01. The monoisotopic (exact) mass is 186 g/mol. The second kappa shape index (κ2) is 6.35. The van der Waals surface area contributed by atoms with Gasteiger partial charge in [0.15, 0.2) is 0 Å². The normalized spacial score (nSPS) is 29.1. The molecule has 1 fully saturated rings. The third-order valence-electron chi connectivity index (χ3n) is 2.93. The van der Waals surface area contributed by atoms with Crippen molar-refractivity contribution in [1.82, 2.24) is 5.32 Å². The van der Waals surface area contributed by atoms with Gasteiger partial charge in [-0.25, -0.2) is 0 Å². The minimum Gasteiger partial charge on any atom is -0.396 e. The summed E-state index contributed by atoms with van der Waals surface area (Å²) >= 11 is 0. The average Bonchev–Trinajstić information content (AvgIpc) is 2.19. The van der Waals surface area contributed by atoms with Crippen LogP contribution in [0.4, 0.5) is 0 Å². The van der Waals surface area contributed by atoms with Gasteiger partial charge >= 0.3 is 0 Å². The summed E-state index contributed by atoms with van der Waals surface area (Å²) in [6, 6.07) is 0.533. The van der Waals surface area contributed by atoms with E-state index in [1.165, 1.54) is 25.7 Å². The molecule has 1 saturated carbocycles. The summed E-state index contributed by atoms with van der Waals surface area (Å²) in [7, 11) is 0. The van der Waals surface area contributed by atoms with Crippen LogP contribution in [0.15, 0.2) is 0 Å². The van der Waals surface area contributed by atoms with Gasteiger partial charge in [-0.15, -0.1) is 0 Å². The number of hydrogen-bond acceptors (Lipinski definition) is 3. The Bertz CT molecular complexity index is 130. The van der Waals surface area contributed by atoms with E-state index in [0.29, 0.717) is 18.6 Å². The van der Waals surface area contributed by atoms with E-state index in [4.69, 9.17) is 10.8 Å². The fraction of sp³-hybridized carbons (Fsp3) is 1.00. The molecular weight excluding hydrogens is 164 g/mol. The van der Waals surface area contributed by atoms with E-state index >= 15 is 0 Å². The molecule has 1 rings (SSSR count). The Morgan fingerprint density at radius 3 is 2.77 bits per heavy atom. The fourth-order valence-electron chi connectivity index (χ4n) is 2.08. The van der Waals surface area contributed by atoms with Gasteiger partial charge in [-0.3, -0.25) is 0 Å². The van der Waals surface area contributed by atoms with Crippen molar-refractivity contribution < 1.29 is 5.11 Å². The van der Waals surface area contributed by atoms with E-state index in [2.05, 4.69) is 5.32 Å². The molecule has 3 heteroatoms. The van der Waals surface area contributed by atoms with Crippen LogP contribution in [-0.2, 0) is 0 Å². The van der Waals surface area contributed by atoms with Crippen molar-refractivity contribution in [2.24, 2.45) is 11.7 Å². The molecule has 0 heterocycles. The number of aliphatic hydroxyl groups excluding tert-OH is 1. The molecule has 0 radical (unpaired) electrons. The molecule has 0 saturated heterocycles. The van der Waals surface area contributed by atoms with E-state index in [1.54, 1.807) is 0 Å². The van der Waals surface area contributed by atoms with Gasteiger partial charge in [-0.1, -0.05) is 12.8 Å². The number of nitrogens with one attached hydrogen (secondary N) is 1. The van der Waals surface area contributed by atoms with Crippen LogP contribution in [-0.4, -0.2) is 30.8 Å². The number of hydrogen-bond donors (Lipinski definition) is 3. The number of rotatable bonds is 5. The smallest absolute Gasteiger partial charge is 0.0474 e. The standard InChI is InChI=1S/C10H22N2O/c11-6-3-7-12-10-5-2-1-4-9(10)8-13/h9-10,12-13H,1-8,11H2. The Morgan fingerprint density at radius 2 is 2.08 bits per heavy atom. The molecule has 3 nitrogen and oxygen atoms in total. The summed E-state index contributed by atoms with van der Waals surface area (Å²) in [5, 5.41) is 12.6. The highest BCUT2D eigenvalue weighted by Gasteiger charge is 2.23. The van der Waals surface area contributed by atoms with Crippen molar-refractivity contribution in [2.45, 2.75) is 38.1 Å². The Balaban J connectivity index is 2.19. The fourth-order valence-corrected chi connectivity index (χ4v) is 2.08. The maximum absolute atomic E-state index is 9.15. The SMILES string of the molecule is NCCCNC1CCCCC1CO. The van der Waals surface area contributed by atoms with Gasteiger partial charge in [0.25, 0.3) is 0 Å². The van der Waals surface area contributed by atoms with Crippen LogP contribution in [0, 0.1) is 5.92 Å². The van der Waals surface area contributed by atoms with Crippen LogP contribution in [0.2, 0.25) is 0 Å². The molecule has 0 amide bonds. The van der Waals surface area contributed by atoms with Gasteiger partial charge in [0.05, 0.1) is 0 Å². The van der Waals surface area contributed by atoms with Gasteiger partial charge in [0.2, 0.25) is 0 Å². The Labute approximate surface area is 80.7 Å². The summed E-state index contributed by atoms with van der Waals surface area (Å²) in [5.74, 6) is 0.478. The molecule has 1 aliphatic carbocycles. The van der Waals surface area contributed by atoms with Crippen LogP contribution in [0.5, 0.6) is 0 Å². The van der Waals surface area contributed by atoms with Gasteiger partial charge in [-0.2, -0.15) is 0 Å². The molecule has 0 aromatic heterocycles. The van der Waals surface area contributed by atoms with Crippen molar-refractivity contribution in [3.05, 3.63) is 0 Å². The molecule has 0 aromatic carbocycles. The van der Waals surface area contributed by atoms with Crippen LogP contribution in [0.25, 0.3) is 0 Å². The average molecular weight is 186 g/mol. The van der Waals surface area contributed by atoms with Crippen molar-refractivity contribution in [1.29, 1.82) is 0 Å². The van der Waals surface area contributed by atoms with E-state index in [-0.39, 0.29) is 0 Å². The molecule has 78 valence electrons. The van der Waals surface area contributed by atoms with Crippen molar-refractivity contribution in [3.63, 3.8) is 0 Å². The first kappa shape index (κ1) is 11.0. The zero-order valence-electron chi connectivity index (χ0n) is 8.34. The second-order valence-corrected chi connectivity index (χ2v) is 3.93. The van der Waals surface area contributed by atoms with E-state index < -0.39 is 0 Å². The Kier molecular flexibility index (Phi) is 5.35. The lowest BCUT2D eigenvalue weighted by Gasteiger charge is -2.31. The largest absolute Gasteiger partial charge is 0.396 e. The minimum absolute atomic E-state index is 0.334. The topological polar surface area (TPSA) is 58.3 Å². The molecule has 0 aromatic rings. The first-order valence-electron chi connectivity index (χ1n) is 5.42. The van der Waals surface area contributed by atoms with E-state index in [9.17, 15) is 0 Å². The molecule has 2 unspecified atom stereocenters. The first-order chi connectivity index (χ1) is 6.38. The summed E-state index contributed by atoms with van der Waals surface area (Å²) in [6.45, 7) is 2.08. The van der Waals surface area contributed by atoms with Crippen molar-refractivity contribution >= 4 is 0 Å². The Morgan fingerprint density at radius 1 is 1.31 bits per heavy atom. The lowest BCUT2D eigenvalue weighted by atomic mass is 9.85. The third-order valence-corrected chi connectivity index (χ3v) is 2.93. The summed E-state index contributed by atoms with van der Waals surface area (Å²) in [5.41, 5.74) is 5.42. The zero-order valence-corrected chi connectivity index (χ0v) is 8.34. The summed E-state index contributed by atoms with van der Waals surface area (Å²) < 4.78 is 0. The molecule has 13 heavy (non-hydrogen) atoms. The summed E-state index contributed by atoms with van der Waals surface area (Å²) in [4.78, 5) is 0. The van der Waals surface area contributed by atoms with Gasteiger partial charge in [-0.05, 0) is 38.3 Å². The molecule has 0 aliphatic heterocycles. The van der Waals surface area contributed by atoms with Crippen molar-refractivity contribution in [3.8, 4) is 0 Å². The highest BCUT2D eigenvalue weighted by Crippen LogP contribution is 2.23. The molecule has 1 aliphatic rings. The van der Waals surface area contributed by atoms with E-state index in [1.807, 2.05) is 0 Å². The maximum Gasteiger partial charge on any atom is 0.0474 e. The highest BCUT2D eigenvalue weighted by molar-refractivity contribution is 4.80. The van der Waals surface area contributed by atoms with Crippen LogP contribution < -0.4 is 11.1 Å². The van der Waals surface area contributed by atoms with Gasteiger partial charge < -0.3 is 16.2 Å². The second-order valence-electron chi connectivity index (χ2n) is 3.93. The molecule has 2 atom stereocenters. The van der Waals surface area contributed by atoms with E-state index in [0.717, 1.165) is 19.5 Å². The van der Waals surface area contributed by atoms with Crippen LogP contribution in [0.1, 0.15) is 32.1 Å². The zero-order chi connectivity index (χ0) is 9.52. The lowest BCUT2D eigenvalue weighted by Crippen LogP contribution is -2.40.